The van der Waals surface area contributed by atoms with Gasteiger partial charge in [0.2, 0.25) is 10.0 Å². The molecule has 1 rings (SSSR count). The Morgan fingerprint density at radius 1 is 1.35 bits per heavy atom. The van der Waals surface area contributed by atoms with E-state index in [9.17, 15) is 13.2 Å². The van der Waals surface area contributed by atoms with Crippen LogP contribution in [0.3, 0.4) is 0 Å². The number of rotatable bonds is 8. The summed E-state index contributed by atoms with van der Waals surface area (Å²) in [4.78, 5) is 11.9. The number of methoxy groups -OCH3 is 1. The highest BCUT2D eigenvalue weighted by molar-refractivity contribution is 7.92. The Hall–Kier alpha value is -1.64. The molecule has 0 unspecified atom stereocenters. The van der Waals surface area contributed by atoms with Crippen molar-refractivity contribution in [1.29, 1.82) is 0 Å². The summed E-state index contributed by atoms with van der Waals surface area (Å²) >= 11 is 0. The lowest BCUT2D eigenvalue weighted by molar-refractivity contribution is 0.0955. The second-order valence-corrected chi connectivity index (χ2v) is 5.85. The van der Waals surface area contributed by atoms with Gasteiger partial charge in [-0.2, -0.15) is 0 Å². The zero-order chi connectivity index (χ0) is 15.0. The average molecular weight is 301 g/mol. The van der Waals surface area contributed by atoms with Crippen LogP contribution in [0.4, 0.5) is 5.69 Å². The molecule has 4 N–H and O–H groups in total. The van der Waals surface area contributed by atoms with Crippen molar-refractivity contribution < 1.29 is 17.9 Å². The number of hydrogen-bond donors (Lipinski definition) is 3. The standard InChI is InChI=1S/C12H19N3O4S/c1-19-8-9-20(17,18)15-11-5-3-2-4-10(11)12(16)14-7-6-13/h2-5,15H,6-9,13H2,1H3,(H,14,16). The van der Waals surface area contributed by atoms with Gasteiger partial charge in [-0.25, -0.2) is 8.42 Å². The van der Waals surface area contributed by atoms with Crippen LogP contribution in [0.15, 0.2) is 24.3 Å². The Bertz CT molecular complexity index is 545. The first-order chi connectivity index (χ1) is 9.50. The van der Waals surface area contributed by atoms with Gasteiger partial charge in [-0.3, -0.25) is 9.52 Å². The summed E-state index contributed by atoms with van der Waals surface area (Å²) in [5.41, 5.74) is 5.80. The van der Waals surface area contributed by atoms with Crippen LogP contribution in [0.5, 0.6) is 0 Å². The minimum absolute atomic E-state index is 0.0802. The zero-order valence-electron chi connectivity index (χ0n) is 11.3. The number of anilines is 1. The fourth-order valence-electron chi connectivity index (χ4n) is 1.46. The third kappa shape index (κ3) is 5.16. The van der Waals surface area contributed by atoms with Gasteiger partial charge in [0.15, 0.2) is 0 Å². The summed E-state index contributed by atoms with van der Waals surface area (Å²) < 4.78 is 30.7. The summed E-state index contributed by atoms with van der Waals surface area (Å²) in [7, 11) is -2.13. The number of nitrogens with one attached hydrogen (secondary N) is 2. The van der Waals surface area contributed by atoms with Crippen LogP contribution in [0, 0.1) is 0 Å². The first-order valence-corrected chi connectivity index (χ1v) is 7.72. The number of benzene rings is 1. The lowest BCUT2D eigenvalue weighted by Crippen LogP contribution is -2.30. The monoisotopic (exact) mass is 301 g/mol. The van der Waals surface area contributed by atoms with Gasteiger partial charge in [-0.15, -0.1) is 0 Å². The molecular formula is C12H19N3O4S. The van der Waals surface area contributed by atoms with E-state index in [4.69, 9.17) is 10.5 Å². The highest BCUT2D eigenvalue weighted by atomic mass is 32.2. The van der Waals surface area contributed by atoms with Gasteiger partial charge in [-0.05, 0) is 12.1 Å². The number of para-hydroxylation sites is 1. The van der Waals surface area contributed by atoms with E-state index in [-0.39, 0.29) is 29.5 Å². The van der Waals surface area contributed by atoms with Crippen molar-refractivity contribution in [3.05, 3.63) is 29.8 Å². The summed E-state index contributed by atoms with van der Waals surface area (Å²) in [6.07, 6.45) is 0. The predicted octanol–water partition coefficient (Wildman–Crippen LogP) is -0.237. The van der Waals surface area contributed by atoms with Crippen molar-refractivity contribution in [2.24, 2.45) is 5.73 Å². The van der Waals surface area contributed by atoms with Crippen molar-refractivity contribution in [3.8, 4) is 0 Å². The molecule has 1 amide bonds. The molecule has 0 saturated heterocycles. The highest BCUT2D eigenvalue weighted by Gasteiger charge is 2.15. The summed E-state index contributed by atoms with van der Waals surface area (Å²) in [5, 5.41) is 2.59. The van der Waals surface area contributed by atoms with Gasteiger partial charge in [0.1, 0.15) is 0 Å². The van der Waals surface area contributed by atoms with Crippen LogP contribution in [0.2, 0.25) is 0 Å². The third-order valence-electron chi connectivity index (χ3n) is 2.42. The Morgan fingerprint density at radius 3 is 2.70 bits per heavy atom. The maximum atomic E-state index is 11.9. The molecule has 0 radical (unpaired) electrons. The number of nitrogens with two attached hydrogens (primary N) is 1. The van der Waals surface area contributed by atoms with Gasteiger partial charge >= 0.3 is 0 Å². The summed E-state index contributed by atoms with van der Waals surface area (Å²) in [6.45, 7) is 0.716. The summed E-state index contributed by atoms with van der Waals surface area (Å²) in [6, 6.07) is 6.37. The van der Waals surface area contributed by atoms with Crippen LogP contribution in [-0.2, 0) is 14.8 Å². The predicted molar refractivity (Wildman–Crippen MR) is 77.1 cm³/mol. The van der Waals surface area contributed by atoms with Crippen LogP contribution in [0.1, 0.15) is 10.4 Å². The van der Waals surface area contributed by atoms with E-state index >= 15 is 0 Å². The number of carbonyl (C=O) groups excluding carboxylic acids is 1. The Balaban J connectivity index is 2.88. The molecule has 112 valence electrons. The zero-order valence-corrected chi connectivity index (χ0v) is 12.1. The van der Waals surface area contributed by atoms with E-state index < -0.39 is 10.0 Å². The van der Waals surface area contributed by atoms with Crippen molar-refractivity contribution in [3.63, 3.8) is 0 Å². The molecule has 1 aromatic rings. The number of amides is 1. The minimum Gasteiger partial charge on any atom is -0.384 e. The second-order valence-electron chi connectivity index (χ2n) is 4.00. The fraction of sp³-hybridized carbons (Fsp3) is 0.417. The quantitative estimate of drug-likeness (QED) is 0.614. The molecule has 0 saturated carbocycles. The van der Waals surface area contributed by atoms with Crippen molar-refractivity contribution in [2.75, 3.05) is 37.3 Å². The Morgan fingerprint density at radius 2 is 2.05 bits per heavy atom. The van der Waals surface area contributed by atoms with Crippen molar-refractivity contribution >= 4 is 21.6 Å². The van der Waals surface area contributed by atoms with Crippen LogP contribution in [0.25, 0.3) is 0 Å². The molecular weight excluding hydrogens is 282 g/mol. The number of carbonyl (C=O) groups is 1. The molecule has 8 heteroatoms. The molecule has 0 bridgehead atoms. The maximum absolute atomic E-state index is 11.9. The van der Waals surface area contributed by atoms with E-state index in [0.717, 1.165) is 0 Å². The first kappa shape index (κ1) is 16.4. The lowest BCUT2D eigenvalue weighted by atomic mass is 10.1. The van der Waals surface area contributed by atoms with Crippen LogP contribution in [-0.4, -0.2) is 46.9 Å². The normalized spacial score (nSPS) is 11.1. The largest absolute Gasteiger partial charge is 0.384 e. The molecule has 0 spiro atoms. The SMILES string of the molecule is COCCS(=O)(=O)Nc1ccccc1C(=O)NCCN. The van der Waals surface area contributed by atoms with Gasteiger partial charge < -0.3 is 15.8 Å². The molecule has 0 fully saturated rings. The molecule has 7 nitrogen and oxygen atoms in total. The third-order valence-corrected chi connectivity index (χ3v) is 3.66. The molecule has 0 atom stereocenters. The van der Waals surface area contributed by atoms with Crippen LogP contribution >= 0.6 is 0 Å². The van der Waals surface area contributed by atoms with Gasteiger partial charge in [0.25, 0.3) is 5.91 Å². The van der Waals surface area contributed by atoms with Gasteiger partial charge in [0.05, 0.1) is 23.6 Å². The average Bonchev–Trinajstić information content (AvgIpc) is 2.43. The van der Waals surface area contributed by atoms with E-state index in [2.05, 4.69) is 10.0 Å². The highest BCUT2D eigenvalue weighted by Crippen LogP contribution is 2.16. The van der Waals surface area contributed by atoms with E-state index in [1.165, 1.54) is 13.2 Å². The maximum Gasteiger partial charge on any atom is 0.253 e. The minimum atomic E-state index is -3.55. The van der Waals surface area contributed by atoms with Gasteiger partial charge in [0, 0.05) is 20.2 Å². The second kappa shape index (κ2) is 7.83. The Kier molecular flexibility index (Phi) is 6.43. The molecule has 0 aliphatic rings. The van der Waals surface area contributed by atoms with Crippen LogP contribution < -0.4 is 15.8 Å². The number of hydrogen-bond acceptors (Lipinski definition) is 5. The lowest BCUT2D eigenvalue weighted by Gasteiger charge is -2.12. The topological polar surface area (TPSA) is 111 Å². The van der Waals surface area contributed by atoms with E-state index in [1.54, 1.807) is 18.2 Å². The molecule has 20 heavy (non-hydrogen) atoms. The molecule has 0 heterocycles. The molecule has 0 aromatic heterocycles. The Labute approximate surface area is 118 Å². The van der Waals surface area contributed by atoms with Gasteiger partial charge in [-0.1, -0.05) is 12.1 Å². The smallest absolute Gasteiger partial charge is 0.253 e. The van der Waals surface area contributed by atoms with E-state index in [0.29, 0.717) is 13.1 Å². The number of sulfonamides is 1. The summed E-state index contributed by atoms with van der Waals surface area (Å²) in [5.74, 6) is -0.553. The van der Waals surface area contributed by atoms with Crippen molar-refractivity contribution in [1.82, 2.24) is 5.32 Å². The molecule has 1 aromatic carbocycles. The van der Waals surface area contributed by atoms with Crippen molar-refractivity contribution in [2.45, 2.75) is 0 Å². The number of ether oxygens (including phenoxy) is 1. The fourth-order valence-corrected chi connectivity index (χ4v) is 2.46. The van der Waals surface area contributed by atoms with E-state index in [1.807, 2.05) is 0 Å². The molecule has 0 aliphatic heterocycles. The first-order valence-electron chi connectivity index (χ1n) is 6.07. The molecule has 0 aliphatic carbocycles.